The minimum absolute atomic E-state index is 0.202. The van der Waals surface area contributed by atoms with Gasteiger partial charge in [-0.15, -0.1) is 0 Å². The van der Waals surface area contributed by atoms with E-state index < -0.39 is 0 Å². The van der Waals surface area contributed by atoms with Crippen LogP contribution in [0.4, 0.5) is 0 Å². The van der Waals surface area contributed by atoms with Crippen molar-refractivity contribution in [3.8, 4) is 22.9 Å². The SMILES string of the molecule is COc1cc(C)c(-c2nc3ccccc3c(=O)n2N=Cc2cc(Cl)ccc2OCc2cccc(C)c2)cc1C(C)C. The molecule has 0 atom stereocenters. The van der Waals surface area contributed by atoms with E-state index in [-0.39, 0.29) is 11.5 Å². The topological polar surface area (TPSA) is 65.7 Å². The summed E-state index contributed by atoms with van der Waals surface area (Å²) in [7, 11) is 1.67. The van der Waals surface area contributed by atoms with Crippen LogP contribution in [0.15, 0.2) is 88.8 Å². The van der Waals surface area contributed by atoms with Gasteiger partial charge in [0.1, 0.15) is 18.1 Å². The monoisotopic (exact) mass is 565 g/mol. The maximum atomic E-state index is 13.8. The molecule has 0 radical (unpaired) electrons. The summed E-state index contributed by atoms with van der Waals surface area (Å²) in [5.41, 5.74) is 5.93. The molecule has 0 aliphatic carbocycles. The first kappa shape index (κ1) is 28.1. The Kier molecular flexibility index (Phi) is 8.22. The molecule has 7 heteroatoms. The quantitative estimate of drug-likeness (QED) is 0.179. The van der Waals surface area contributed by atoms with Gasteiger partial charge in [0.05, 0.1) is 24.2 Å². The molecule has 0 saturated carbocycles. The van der Waals surface area contributed by atoms with E-state index in [1.165, 1.54) is 4.68 Å². The highest BCUT2D eigenvalue weighted by molar-refractivity contribution is 6.30. The highest BCUT2D eigenvalue weighted by Crippen LogP contribution is 2.34. The van der Waals surface area contributed by atoms with Crippen LogP contribution >= 0.6 is 11.6 Å². The number of aromatic nitrogens is 2. The average Bonchev–Trinajstić information content (AvgIpc) is 2.96. The molecule has 0 saturated heterocycles. The van der Waals surface area contributed by atoms with Crippen molar-refractivity contribution < 1.29 is 9.47 Å². The normalized spacial score (nSPS) is 11.5. The van der Waals surface area contributed by atoms with Crippen molar-refractivity contribution in [2.24, 2.45) is 5.10 Å². The van der Waals surface area contributed by atoms with Gasteiger partial charge in [-0.1, -0.05) is 67.4 Å². The van der Waals surface area contributed by atoms with E-state index in [1.807, 2.05) is 68.4 Å². The fourth-order valence-corrected chi connectivity index (χ4v) is 4.99. The third-order valence-electron chi connectivity index (χ3n) is 6.95. The molecular weight excluding hydrogens is 534 g/mol. The van der Waals surface area contributed by atoms with Gasteiger partial charge in [0.15, 0.2) is 5.82 Å². The van der Waals surface area contributed by atoms with Crippen LogP contribution in [0, 0.1) is 13.8 Å². The standard InChI is InChI=1S/C34H32ClN3O3/c1-21(2)28-18-29(23(4)16-32(28)40-5)33-37-30-12-7-6-11-27(30)34(39)38(33)36-19-25-17-26(35)13-14-31(25)41-20-24-10-8-9-22(3)15-24/h6-19,21H,20H2,1-5H3. The van der Waals surface area contributed by atoms with Crippen molar-refractivity contribution in [1.82, 2.24) is 9.66 Å². The third kappa shape index (κ3) is 6.03. The molecule has 0 aliphatic heterocycles. The summed E-state index contributed by atoms with van der Waals surface area (Å²) in [6.07, 6.45) is 1.60. The van der Waals surface area contributed by atoms with Crippen LogP contribution in [0.2, 0.25) is 5.02 Å². The van der Waals surface area contributed by atoms with Crippen LogP contribution in [-0.4, -0.2) is 23.0 Å². The number of para-hydroxylation sites is 1. The van der Waals surface area contributed by atoms with Crippen LogP contribution in [0.5, 0.6) is 11.5 Å². The molecular formula is C34H32ClN3O3. The van der Waals surface area contributed by atoms with Crippen LogP contribution < -0.4 is 15.0 Å². The first-order valence-electron chi connectivity index (χ1n) is 13.5. The molecule has 5 rings (SSSR count). The van der Waals surface area contributed by atoms with E-state index in [0.29, 0.717) is 39.7 Å². The summed E-state index contributed by atoms with van der Waals surface area (Å²) in [5, 5.41) is 5.69. The van der Waals surface area contributed by atoms with E-state index in [2.05, 4.69) is 25.0 Å². The first-order chi connectivity index (χ1) is 19.7. The fourth-order valence-electron chi connectivity index (χ4n) is 4.81. The minimum Gasteiger partial charge on any atom is -0.496 e. The Morgan fingerprint density at radius 1 is 0.976 bits per heavy atom. The lowest BCUT2D eigenvalue weighted by atomic mass is 9.96. The molecule has 0 spiro atoms. The second kappa shape index (κ2) is 12.0. The van der Waals surface area contributed by atoms with Crippen molar-refractivity contribution >= 4 is 28.7 Å². The lowest BCUT2D eigenvalue weighted by Gasteiger charge is -2.17. The summed E-state index contributed by atoms with van der Waals surface area (Å²) in [6.45, 7) is 8.62. The lowest BCUT2D eigenvalue weighted by molar-refractivity contribution is 0.305. The van der Waals surface area contributed by atoms with Gasteiger partial charge in [-0.05, 0) is 78.9 Å². The molecule has 0 bridgehead atoms. The molecule has 5 aromatic rings. The summed E-state index contributed by atoms with van der Waals surface area (Å²) >= 11 is 6.36. The second-order valence-corrected chi connectivity index (χ2v) is 10.8. The fraction of sp³-hybridized carbons (Fsp3) is 0.206. The Bertz CT molecular complexity index is 1830. The largest absolute Gasteiger partial charge is 0.496 e. The number of fused-ring (bicyclic) bond motifs is 1. The van der Waals surface area contributed by atoms with E-state index in [1.54, 1.807) is 31.5 Å². The number of ether oxygens (including phenoxy) is 2. The van der Waals surface area contributed by atoms with Crippen molar-refractivity contribution in [3.05, 3.63) is 122 Å². The molecule has 0 aliphatic rings. The molecule has 0 N–H and O–H groups in total. The van der Waals surface area contributed by atoms with Crippen LogP contribution in [0.25, 0.3) is 22.3 Å². The number of rotatable bonds is 8. The molecule has 0 unspecified atom stereocenters. The Balaban J connectivity index is 1.63. The third-order valence-corrected chi connectivity index (χ3v) is 7.19. The van der Waals surface area contributed by atoms with Gasteiger partial charge in [0.2, 0.25) is 0 Å². The van der Waals surface area contributed by atoms with Crippen molar-refractivity contribution in [1.29, 1.82) is 0 Å². The van der Waals surface area contributed by atoms with Gasteiger partial charge in [-0.25, -0.2) is 4.98 Å². The Labute approximate surface area is 244 Å². The molecule has 4 aromatic carbocycles. The van der Waals surface area contributed by atoms with Crippen LogP contribution in [0.1, 0.15) is 47.6 Å². The predicted molar refractivity (Wildman–Crippen MR) is 167 cm³/mol. The number of aryl methyl sites for hydroxylation is 2. The van der Waals surface area contributed by atoms with E-state index in [9.17, 15) is 4.79 Å². The summed E-state index contributed by atoms with van der Waals surface area (Å²) in [6, 6.07) is 24.8. The summed E-state index contributed by atoms with van der Waals surface area (Å²) in [4.78, 5) is 18.7. The van der Waals surface area contributed by atoms with Crippen LogP contribution in [0.3, 0.4) is 0 Å². The first-order valence-corrected chi connectivity index (χ1v) is 13.9. The van der Waals surface area contributed by atoms with Crippen molar-refractivity contribution in [2.45, 2.75) is 40.2 Å². The molecule has 6 nitrogen and oxygen atoms in total. The second-order valence-electron chi connectivity index (χ2n) is 10.3. The Morgan fingerprint density at radius 2 is 1.78 bits per heavy atom. The smallest absolute Gasteiger partial charge is 0.282 e. The molecule has 0 amide bonds. The highest BCUT2D eigenvalue weighted by Gasteiger charge is 2.18. The van der Waals surface area contributed by atoms with E-state index in [4.69, 9.17) is 26.1 Å². The molecule has 1 aromatic heterocycles. The van der Waals surface area contributed by atoms with E-state index in [0.717, 1.165) is 33.6 Å². The van der Waals surface area contributed by atoms with Crippen molar-refractivity contribution in [2.75, 3.05) is 7.11 Å². The van der Waals surface area contributed by atoms with Gasteiger partial charge in [0, 0.05) is 16.1 Å². The number of hydrogen-bond acceptors (Lipinski definition) is 5. The van der Waals surface area contributed by atoms with Crippen LogP contribution in [-0.2, 0) is 6.61 Å². The number of halogens is 1. The number of methoxy groups -OCH3 is 1. The Hall–Kier alpha value is -4.42. The Morgan fingerprint density at radius 3 is 2.54 bits per heavy atom. The molecule has 0 fully saturated rings. The maximum Gasteiger partial charge on any atom is 0.282 e. The van der Waals surface area contributed by atoms with Gasteiger partial charge >= 0.3 is 0 Å². The summed E-state index contributed by atoms with van der Waals surface area (Å²) in [5.74, 6) is 2.05. The van der Waals surface area contributed by atoms with Gasteiger partial charge < -0.3 is 9.47 Å². The lowest BCUT2D eigenvalue weighted by Crippen LogP contribution is -2.21. The van der Waals surface area contributed by atoms with Gasteiger partial charge in [-0.2, -0.15) is 9.78 Å². The van der Waals surface area contributed by atoms with Gasteiger partial charge in [-0.3, -0.25) is 4.79 Å². The predicted octanol–water partition coefficient (Wildman–Crippen LogP) is 7.93. The average molecular weight is 566 g/mol. The number of nitrogens with zero attached hydrogens (tertiary/aromatic N) is 3. The zero-order valence-corrected chi connectivity index (χ0v) is 24.6. The zero-order valence-electron chi connectivity index (χ0n) is 23.8. The van der Waals surface area contributed by atoms with Gasteiger partial charge in [0.25, 0.3) is 5.56 Å². The molecule has 208 valence electrons. The molecule has 41 heavy (non-hydrogen) atoms. The van der Waals surface area contributed by atoms with Crippen molar-refractivity contribution in [3.63, 3.8) is 0 Å². The summed E-state index contributed by atoms with van der Waals surface area (Å²) < 4.78 is 13.2. The molecule has 1 heterocycles. The van der Waals surface area contributed by atoms with E-state index >= 15 is 0 Å². The number of benzene rings is 4. The number of hydrogen-bond donors (Lipinski definition) is 0. The minimum atomic E-state index is -0.271. The zero-order chi connectivity index (χ0) is 29.1. The highest BCUT2D eigenvalue weighted by atomic mass is 35.5. The maximum absolute atomic E-state index is 13.8.